The molecule has 7 nitrogen and oxygen atoms in total. The number of halogens is 1. The molecule has 0 bridgehead atoms. The van der Waals surface area contributed by atoms with Crippen LogP contribution in [-0.2, 0) is 6.54 Å². The van der Waals surface area contributed by atoms with E-state index in [9.17, 15) is 24.2 Å². The van der Waals surface area contributed by atoms with Gasteiger partial charge in [0.1, 0.15) is 12.4 Å². The maximum absolute atomic E-state index is 12.3. The minimum absolute atomic E-state index is 0.0298. The average Bonchev–Trinajstić information content (AvgIpc) is 2.76. The Balaban J connectivity index is 2.93. The SMILES string of the molecule is O=[N+]([O-])c1nccn1CC(CO)(CO)CSF. The van der Waals surface area contributed by atoms with Gasteiger partial charge in [-0.3, -0.25) is 0 Å². The van der Waals surface area contributed by atoms with Gasteiger partial charge in [-0.15, -0.1) is 0 Å². The van der Waals surface area contributed by atoms with Crippen LogP contribution < -0.4 is 0 Å². The molecule has 0 fully saturated rings. The van der Waals surface area contributed by atoms with Crippen LogP contribution in [0.4, 0.5) is 9.83 Å². The maximum atomic E-state index is 12.3. The topological polar surface area (TPSA) is 101 Å². The third-order valence-corrected chi connectivity index (χ3v) is 3.12. The highest BCUT2D eigenvalue weighted by molar-refractivity contribution is 7.94. The van der Waals surface area contributed by atoms with Gasteiger partial charge in [0.05, 0.1) is 25.2 Å². The smallest absolute Gasteiger partial charge is 0.396 e. The first-order valence-electron chi connectivity index (χ1n) is 4.69. The Morgan fingerprint density at radius 1 is 1.59 bits per heavy atom. The molecule has 17 heavy (non-hydrogen) atoms. The summed E-state index contributed by atoms with van der Waals surface area (Å²) < 4.78 is 13.5. The van der Waals surface area contributed by atoms with Gasteiger partial charge < -0.3 is 20.3 Å². The van der Waals surface area contributed by atoms with E-state index < -0.39 is 29.5 Å². The van der Waals surface area contributed by atoms with Crippen LogP contribution in [0, 0.1) is 15.5 Å². The van der Waals surface area contributed by atoms with E-state index in [-0.39, 0.29) is 24.4 Å². The zero-order valence-electron chi connectivity index (χ0n) is 8.82. The van der Waals surface area contributed by atoms with Crippen molar-refractivity contribution in [1.82, 2.24) is 9.55 Å². The van der Waals surface area contributed by atoms with Crippen LogP contribution in [0.3, 0.4) is 0 Å². The van der Waals surface area contributed by atoms with Crippen molar-refractivity contribution >= 4 is 18.1 Å². The molecule has 0 spiro atoms. The monoisotopic (exact) mass is 265 g/mol. The van der Waals surface area contributed by atoms with Crippen LogP contribution in [0.1, 0.15) is 0 Å². The van der Waals surface area contributed by atoms with Crippen LogP contribution in [0.2, 0.25) is 0 Å². The van der Waals surface area contributed by atoms with E-state index in [2.05, 4.69) is 4.98 Å². The fourth-order valence-corrected chi connectivity index (χ4v) is 1.87. The predicted octanol–water partition coefficient (Wildman–Crippen LogP) is 0.380. The number of hydrogen-bond donors (Lipinski definition) is 2. The molecule has 0 radical (unpaired) electrons. The Morgan fingerprint density at radius 2 is 2.24 bits per heavy atom. The van der Waals surface area contributed by atoms with Crippen molar-refractivity contribution in [3.63, 3.8) is 0 Å². The molecule has 0 amide bonds. The molecule has 2 N–H and O–H groups in total. The van der Waals surface area contributed by atoms with E-state index in [4.69, 9.17) is 0 Å². The molecule has 0 atom stereocenters. The summed E-state index contributed by atoms with van der Waals surface area (Å²) in [7, 11) is 0. The molecule has 0 aliphatic heterocycles. The fourth-order valence-electron chi connectivity index (χ4n) is 1.36. The molecule has 0 saturated carbocycles. The zero-order valence-corrected chi connectivity index (χ0v) is 9.64. The highest BCUT2D eigenvalue weighted by atomic mass is 32.2. The second kappa shape index (κ2) is 5.94. The highest BCUT2D eigenvalue weighted by Crippen LogP contribution is 2.26. The lowest BCUT2D eigenvalue weighted by atomic mass is 9.92. The lowest BCUT2D eigenvalue weighted by Gasteiger charge is -2.26. The normalized spacial score (nSPS) is 11.7. The average molecular weight is 265 g/mol. The lowest BCUT2D eigenvalue weighted by molar-refractivity contribution is -0.397. The number of rotatable bonds is 7. The van der Waals surface area contributed by atoms with Crippen molar-refractivity contribution in [3.05, 3.63) is 22.5 Å². The second-order valence-electron chi connectivity index (χ2n) is 3.68. The van der Waals surface area contributed by atoms with Crippen molar-refractivity contribution in [2.75, 3.05) is 19.0 Å². The summed E-state index contributed by atoms with van der Waals surface area (Å²) in [5, 5.41) is 29.0. The minimum Gasteiger partial charge on any atom is -0.396 e. The number of imidazole rings is 1. The fraction of sp³-hybridized carbons (Fsp3) is 0.625. The number of aliphatic hydroxyl groups excluding tert-OH is 2. The Bertz CT molecular complexity index is 383. The van der Waals surface area contributed by atoms with Gasteiger partial charge in [-0.1, -0.05) is 4.98 Å². The quantitative estimate of drug-likeness (QED) is 0.546. The molecule has 0 aromatic carbocycles. The molecule has 0 aliphatic carbocycles. The summed E-state index contributed by atoms with van der Waals surface area (Å²) in [6, 6.07) is 0. The molecular weight excluding hydrogens is 253 g/mol. The van der Waals surface area contributed by atoms with E-state index in [0.717, 1.165) is 0 Å². The van der Waals surface area contributed by atoms with Crippen molar-refractivity contribution in [2.24, 2.45) is 5.41 Å². The van der Waals surface area contributed by atoms with E-state index in [0.29, 0.717) is 0 Å². The van der Waals surface area contributed by atoms with Gasteiger partial charge in [0.15, 0.2) is 0 Å². The van der Waals surface area contributed by atoms with Gasteiger partial charge in [0, 0.05) is 17.9 Å². The molecule has 0 aliphatic rings. The van der Waals surface area contributed by atoms with Crippen molar-refractivity contribution in [2.45, 2.75) is 6.54 Å². The van der Waals surface area contributed by atoms with E-state index >= 15 is 0 Å². The summed E-state index contributed by atoms with van der Waals surface area (Å²) in [5.74, 6) is -0.560. The van der Waals surface area contributed by atoms with Crippen LogP contribution in [0.5, 0.6) is 0 Å². The molecule has 0 saturated heterocycles. The van der Waals surface area contributed by atoms with Gasteiger partial charge >= 0.3 is 5.95 Å². The number of nitrogens with zero attached hydrogens (tertiary/aromatic N) is 3. The van der Waals surface area contributed by atoms with Gasteiger partial charge in [0.2, 0.25) is 0 Å². The third kappa shape index (κ3) is 3.14. The van der Waals surface area contributed by atoms with Crippen LogP contribution in [0.25, 0.3) is 0 Å². The van der Waals surface area contributed by atoms with Gasteiger partial charge in [-0.25, -0.2) is 4.57 Å². The Labute approximate surface area is 101 Å². The molecule has 1 aromatic heterocycles. The Hall–Kier alpha value is -1.19. The van der Waals surface area contributed by atoms with Crippen LogP contribution >= 0.6 is 12.1 Å². The summed E-state index contributed by atoms with van der Waals surface area (Å²) in [6.07, 6.45) is 2.58. The summed E-state index contributed by atoms with van der Waals surface area (Å²) in [4.78, 5) is 13.5. The van der Waals surface area contributed by atoms with Gasteiger partial charge in [0.25, 0.3) is 0 Å². The zero-order chi connectivity index (χ0) is 12.9. The van der Waals surface area contributed by atoms with Crippen LogP contribution in [0.15, 0.2) is 12.4 Å². The Kier molecular flexibility index (Phi) is 4.85. The Morgan fingerprint density at radius 3 is 2.71 bits per heavy atom. The largest absolute Gasteiger partial charge is 0.434 e. The summed E-state index contributed by atoms with van der Waals surface area (Å²) >= 11 is -0.0298. The highest BCUT2D eigenvalue weighted by Gasteiger charge is 2.33. The molecule has 1 heterocycles. The maximum Gasteiger partial charge on any atom is 0.434 e. The van der Waals surface area contributed by atoms with E-state index in [1.54, 1.807) is 0 Å². The molecular formula is C8H12FN3O4S. The summed E-state index contributed by atoms with van der Waals surface area (Å²) in [6.45, 7) is -1.03. The molecule has 0 unspecified atom stereocenters. The number of hydrogen-bond acceptors (Lipinski definition) is 6. The van der Waals surface area contributed by atoms with Gasteiger partial charge in [-0.05, 0) is 4.92 Å². The van der Waals surface area contributed by atoms with E-state index in [1.807, 2.05) is 0 Å². The summed E-state index contributed by atoms with van der Waals surface area (Å²) in [5.41, 5.74) is -1.15. The van der Waals surface area contributed by atoms with Crippen molar-refractivity contribution in [1.29, 1.82) is 0 Å². The molecule has 1 aromatic rings. The molecule has 9 heteroatoms. The second-order valence-corrected chi connectivity index (χ2v) is 4.19. The molecule has 1 rings (SSSR count). The van der Waals surface area contributed by atoms with Crippen LogP contribution in [-0.4, -0.2) is 43.7 Å². The first kappa shape index (κ1) is 13.9. The number of nitro groups is 1. The molecule has 96 valence electrons. The minimum atomic E-state index is -1.15. The number of aliphatic hydroxyl groups is 2. The number of aromatic nitrogens is 2. The standard InChI is InChI=1S/C8H12FN3O4S/c9-17-6-8(4-13,5-14)3-11-2-1-10-7(11)12(15)16/h1-2,13-14H,3-6H2. The van der Waals surface area contributed by atoms with Gasteiger partial charge in [-0.2, -0.15) is 3.89 Å². The first-order chi connectivity index (χ1) is 8.08. The van der Waals surface area contributed by atoms with Crippen molar-refractivity contribution in [3.8, 4) is 0 Å². The third-order valence-electron chi connectivity index (χ3n) is 2.39. The van der Waals surface area contributed by atoms with Crippen molar-refractivity contribution < 1.29 is 19.0 Å². The lowest BCUT2D eigenvalue weighted by Crippen LogP contribution is -2.37. The predicted molar refractivity (Wildman–Crippen MR) is 59.1 cm³/mol. The van der Waals surface area contributed by atoms with E-state index in [1.165, 1.54) is 17.0 Å². The first-order valence-corrected chi connectivity index (χ1v) is 5.58.